The van der Waals surface area contributed by atoms with E-state index in [0.717, 1.165) is 25.7 Å². The van der Waals surface area contributed by atoms with Gasteiger partial charge >= 0.3 is 0 Å². The lowest BCUT2D eigenvalue weighted by atomic mass is 10.0. The largest absolute Gasteiger partial charge is 0.393 e. The lowest BCUT2D eigenvalue weighted by Gasteiger charge is -2.10. The highest BCUT2D eigenvalue weighted by Crippen LogP contribution is 2.09. The maximum Gasteiger partial charge on any atom is 0.0546 e. The molecule has 0 bridgehead atoms. The molecule has 18 heavy (non-hydrogen) atoms. The molecule has 3 heteroatoms. The van der Waals surface area contributed by atoms with Crippen LogP contribution in [0.5, 0.6) is 0 Å². The molecular formula is C15H18N2O. The van der Waals surface area contributed by atoms with Crippen molar-refractivity contribution in [3.8, 4) is 0 Å². The van der Waals surface area contributed by atoms with Crippen LogP contribution >= 0.6 is 0 Å². The predicted molar refractivity (Wildman–Crippen MR) is 71.1 cm³/mol. The second-order valence-corrected chi connectivity index (χ2v) is 4.45. The molecule has 3 nitrogen and oxygen atoms in total. The van der Waals surface area contributed by atoms with Crippen LogP contribution in [0.2, 0.25) is 0 Å². The number of rotatable bonds is 6. The van der Waals surface area contributed by atoms with E-state index in [1.807, 2.05) is 36.7 Å². The second-order valence-electron chi connectivity index (χ2n) is 4.45. The summed E-state index contributed by atoms with van der Waals surface area (Å²) in [7, 11) is 0. The molecule has 0 aliphatic rings. The maximum atomic E-state index is 9.93. The summed E-state index contributed by atoms with van der Waals surface area (Å²) in [6.45, 7) is 0. The monoisotopic (exact) mass is 242 g/mol. The van der Waals surface area contributed by atoms with Gasteiger partial charge in [0.1, 0.15) is 0 Å². The summed E-state index contributed by atoms with van der Waals surface area (Å²) >= 11 is 0. The first-order valence-electron chi connectivity index (χ1n) is 6.30. The standard InChI is InChI=1S/C15H18N2O/c18-15(7-5-13-3-1-9-16-11-13)8-6-14-4-2-10-17-12-14/h1-4,9-12,15,18H,5-8H2. The third kappa shape index (κ3) is 4.26. The molecule has 0 aromatic carbocycles. The zero-order chi connectivity index (χ0) is 12.6. The Morgan fingerprint density at radius 2 is 1.39 bits per heavy atom. The lowest BCUT2D eigenvalue weighted by Crippen LogP contribution is -2.09. The fourth-order valence-electron chi connectivity index (χ4n) is 1.90. The summed E-state index contributed by atoms with van der Waals surface area (Å²) in [5.74, 6) is 0. The number of aromatic nitrogens is 2. The van der Waals surface area contributed by atoms with Gasteiger partial charge in [0.05, 0.1) is 6.10 Å². The Balaban J connectivity index is 1.71. The Hall–Kier alpha value is -1.74. The van der Waals surface area contributed by atoms with Crippen molar-refractivity contribution in [3.63, 3.8) is 0 Å². The third-order valence-electron chi connectivity index (χ3n) is 2.98. The van der Waals surface area contributed by atoms with E-state index < -0.39 is 0 Å². The lowest BCUT2D eigenvalue weighted by molar-refractivity contribution is 0.155. The van der Waals surface area contributed by atoms with Crippen LogP contribution in [0.4, 0.5) is 0 Å². The molecule has 0 spiro atoms. The first-order chi connectivity index (χ1) is 8.84. The highest BCUT2D eigenvalue weighted by atomic mass is 16.3. The predicted octanol–water partition coefficient (Wildman–Crippen LogP) is 2.40. The molecule has 0 unspecified atom stereocenters. The normalized spacial score (nSPS) is 10.8. The first-order valence-corrected chi connectivity index (χ1v) is 6.30. The van der Waals surface area contributed by atoms with Gasteiger partial charge in [-0.1, -0.05) is 12.1 Å². The van der Waals surface area contributed by atoms with Crippen molar-refractivity contribution in [2.24, 2.45) is 0 Å². The zero-order valence-electron chi connectivity index (χ0n) is 10.4. The van der Waals surface area contributed by atoms with Crippen LogP contribution in [-0.4, -0.2) is 21.2 Å². The van der Waals surface area contributed by atoms with Crippen LogP contribution in [0.25, 0.3) is 0 Å². The molecular weight excluding hydrogens is 224 g/mol. The van der Waals surface area contributed by atoms with E-state index in [1.54, 1.807) is 12.4 Å². The quantitative estimate of drug-likeness (QED) is 0.846. The van der Waals surface area contributed by atoms with E-state index in [2.05, 4.69) is 9.97 Å². The Bertz CT molecular complexity index is 401. The number of nitrogens with zero attached hydrogens (tertiary/aromatic N) is 2. The molecule has 2 aromatic heterocycles. The third-order valence-corrected chi connectivity index (χ3v) is 2.98. The summed E-state index contributed by atoms with van der Waals surface area (Å²) < 4.78 is 0. The number of aliphatic hydroxyl groups is 1. The molecule has 94 valence electrons. The van der Waals surface area contributed by atoms with Gasteiger partial charge in [0.25, 0.3) is 0 Å². The average Bonchev–Trinajstić information content (AvgIpc) is 2.45. The minimum atomic E-state index is -0.259. The number of pyridine rings is 2. The molecule has 0 aliphatic heterocycles. The smallest absolute Gasteiger partial charge is 0.0546 e. The highest BCUT2D eigenvalue weighted by molar-refractivity contribution is 5.09. The van der Waals surface area contributed by atoms with Crippen LogP contribution in [0, 0.1) is 0 Å². The maximum absolute atomic E-state index is 9.93. The van der Waals surface area contributed by atoms with Crippen LogP contribution in [0.15, 0.2) is 49.1 Å². The molecule has 0 aliphatic carbocycles. The topological polar surface area (TPSA) is 46.0 Å². The molecule has 2 heterocycles. The van der Waals surface area contributed by atoms with Gasteiger partial charge in [0.15, 0.2) is 0 Å². The van der Waals surface area contributed by atoms with Gasteiger partial charge < -0.3 is 5.11 Å². The van der Waals surface area contributed by atoms with Gasteiger partial charge in [0.2, 0.25) is 0 Å². The highest BCUT2D eigenvalue weighted by Gasteiger charge is 2.05. The van der Waals surface area contributed by atoms with Crippen molar-refractivity contribution in [2.75, 3.05) is 0 Å². The van der Waals surface area contributed by atoms with E-state index in [4.69, 9.17) is 0 Å². The van der Waals surface area contributed by atoms with E-state index in [0.29, 0.717) is 0 Å². The van der Waals surface area contributed by atoms with Crippen molar-refractivity contribution in [3.05, 3.63) is 60.2 Å². The summed E-state index contributed by atoms with van der Waals surface area (Å²) in [5.41, 5.74) is 2.36. The first kappa shape index (κ1) is 12.7. The van der Waals surface area contributed by atoms with Crippen LogP contribution in [-0.2, 0) is 12.8 Å². The second kappa shape index (κ2) is 6.87. The minimum absolute atomic E-state index is 0.259. The van der Waals surface area contributed by atoms with Crippen molar-refractivity contribution in [1.29, 1.82) is 0 Å². The summed E-state index contributed by atoms with van der Waals surface area (Å²) in [5, 5.41) is 9.93. The van der Waals surface area contributed by atoms with Gasteiger partial charge in [-0.15, -0.1) is 0 Å². The fourth-order valence-corrected chi connectivity index (χ4v) is 1.90. The van der Waals surface area contributed by atoms with Crippen molar-refractivity contribution >= 4 is 0 Å². The molecule has 0 saturated carbocycles. The molecule has 0 saturated heterocycles. The molecule has 2 rings (SSSR count). The van der Waals surface area contributed by atoms with Gasteiger partial charge in [-0.3, -0.25) is 9.97 Å². The zero-order valence-corrected chi connectivity index (χ0v) is 10.4. The molecule has 0 amide bonds. The molecule has 0 radical (unpaired) electrons. The fraction of sp³-hybridized carbons (Fsp3) is 0.333. The Kier molecular flexibility index (Phi) is 4.85. The van der Waals surface area contributed by atoms with Gasteiger partial charge in [-0.25, -0.2) is 0 Å². The molecule has 2 aromatic rings. The van der Waals surface area contributed by atoms with Crippen LogP contribution in [0.1, 0.15) is 24.0 Å². The Morgan fingerprint density at radius 3 is 1.78 bits per heavy atom. The van der Waals surface area contributed by atoms with E-state index in [9.17, 15) is 5.11 Å². The molecule has 0 atom stereocenters. The van der Waals surface area contributed by atoms with Crippen LogP contribution < -0.4 is 0 Å². The number of aryl methyl sites for hydroxylation is 2. The minimum Gasteiger partial charge on any atom is -0.393 e. The Morgan fingerprint density at radius 1 is 0.889 bits per heavy atom. The summed E-state index contributed by atoms with van der Waals surface area (Å²) in [6, 6.07) is 7.94. The van der Waals surface area contributed by atoms with Crippen molar-refractivity contribution in [1.82, 2.24) is 9.97 Å². The van der Waals surface area contributed by atoms with Gasteiger partial charge in [0, 0.05) is 24.8 Å². The van der Waals surface area contributed by atoms with Crippen molar-refractivity contribution in [2.45, 2.75) is 31.8 Å². The van der Waals surface area contributed by atoms with Gasteiger partial charge in [-0.2, -0.15) is 0 Å². The number of aliphatic hydroxyl groups excluding tert-OH is 1. The van der Waals surface area contributed by atoms with E-state index in [1.165, 1.54) is 11.1 Å². The molecule has 1 N–H and O–H groups in total. The average molecular weight is 242 g/mol. The summed E-state index contributed by atoms with van der Waals surface area (Å²) in [6.07, 6.45) is 10.3. The summed E-state index contributed by atoms with van der Waals surface area (Å²) in [4.78, 5) is 8.13. The molecule has 0 fully saturated rings. The van der Waals surface area contributed by atoms with E-state index >= 15 is 0 Å². The Labute approximate surface area is 108 Å². The number of hydrogen-bond donors (Lipinski definition) is 1. The van der Waals surface area contributed by atoms with E-state index in [-0.39, 0.29) is 6.10 Å². The SMILES string of the molecule is OC(CCc1cccnc1)CCc1cccnc1. The van der Waals surface area contributed by atoms with Gasteiger partial charge in [-0.05, 0) is 48.9 Å². The number of hydrogen-bond acceptors (Lipinski definition) is 3. The van der Waals surface area contributed by atoms with Crippen LogP contribution in [0.3, 0.4) is 0 Å². The van der Waals surface area contributed by atoms with Crippen molar-refractivity contribution < 1.29 is 5.11 Å².